The van der Waals surface area contributed by atoms with Crippen LogP contribution in [0, 0.1) is 0 Å². The minimum atomic E-state index is -4.31. The Hall–Kier alpha value is -3.03. The number of aromatic nitrogens is 3. The van der Waals surface area contributed by atoms with Crippen LogP contribution in [0.25, 0.3) is 11.3 Å². The molecule has 5 nitrogen and oxygen atoms in total. The van der Waals surface area contributed by atoms with E-state index in [9.17, 15) is 13.2 Å². The number of fused-ring (bicyclic) bond motifs is 3. The summed E-state index contributed by atoms with van der Waals surface area (Å²) in [5, 5.41) is 6.81. The Kier molecular flexibility index (Phi) is 3.60. The van der Waals surface area contributed by atoms with Crippen LogP contribution < -0.4 is 9.64 Å². The summed E-state index contributed by atoms with van der Waals surface area (Å²) in [6.45, 7) is -0.907. The molecule has 2 aromatic heterocycles. The SMILES string of the molecule is FC(F)(F)CN1Cc2cn[nH]c2-c2ccc(Oc3cccnc3)cc21. The van der Waals surface area contributed by atoms with Crippen molar-refractivity contribution in [3.63, 3.8) is 0 Å². The lowest BCUT2D eigenvalue weighted by Gasteiger charge is -2.31. The number of H-pyrrole nitrogens is 1. The highest BCUT2D eigenvalue weighted by atomic mass is 19.4. The quantitative estimate of drug-likeness (QED) is 0.774. The van der Waals surface area contributed by atoms with E-state index in [1.165, 1.54) is 4.90 Å². The zero-order chi connectivity index (χ0) is 17.4. The summed E-state index contributed by atoms with van der Waals surface area (Å²) in [7, 11) is 0. The van der Waals surface area contributed by atoms with E-state index in [2.05, 4.69) is 15.2 Å². The molecule has 4 rings (SSSR count). The number of rotatable bonds is 3. The second-order valence-corrected chi connectivity index (χ2v) is 5.71. The fraction of sp³-hybridized carbons (Fsp3) is 0.176. The first-order valence-electron chi connectivity index (χ1n) is 7.56. The van der Waals surface area contributed by atoms with Crippen LogP contribution in [-0.2, 0) is 6.54 Å². The van der Waals surface area contributed by atoms with Gasteiger partial charge in [-0.2, -0.15) is 18.3 Å². The standard InChI is InChI=1S/C17H13F3N4O/c18-17(19,20)10-24-9-11-7-22-23-16(11)14-4-3-12(6-15(14)24)25-13-2-1-5-21-8-13/h1-8H,9-10H2,(H,22,23). The summed E-state index contributed by atoms with van der Waals surface area (Å²) in [6.07, 6.45) is 0.408. The number of anilines is 1. The molecule has 1 aromatic carbocycles. The van der Waals surface area contributed by atoms with Crippen LogP contribution in [-0.4, -0.2) is 27.9 Å². The molecule has 1 aliphatic rings. The number of halogens is 3. The third kappa shape index (κ3) is 3.15. The third-order valence-corrected chi connectivity index (χ3v) is 3.90. The van der Waals surface area contributed by atoms with Crippen LogP contribution in [0.3, 0.4) is 0 Å². The van der Waals surface area contributed by atoms with Crippen LogP contribution in [0.5, 0.6) is 11.5 Å². The molecule has 0 aliphatic carbocycles. The maximum atomic E-state index is 13.0. The van der Waals surface area contributed by atoms with Crippen LogP contribution >= 0.6 is 0 Å². The van der Waals surface area contributed by atoms with Crippen molar-refractivity contribution in [2.75, 3.05) is 11.4 Å². The molecular weight excluding hydrogens is 333 g/mol. The molecule has 0 radical (unpaired) electrons. The number of alkyl halides is 3. The van der Waals surface area contributed by atoms with Gasteiger partial charge in [0.05, 0.1) is 23.8 Å². The van der Waals surface area contributed by atoms with E-state index in [0.717, 1.165) is 11.3 Å². The van der Waals surface area contributed by atoms with E-state index >= 15 is 0 Å². The van der Waals surface area contributed by atoms with E-state index in [0.29, 0.717) is 22.7 Å². The fourth-order valence-electron chi connectivity index (χ4n) is 2.90. The highest BCUT2D eigenvalue weighted by molar-refractivity contribution is 5.82. The second kappa shape index (κ2) is 5.80. The monoisotopic (exact) mass is 346 g/mol. The van der Waals surface area contributed by atoms with Gasteiger partial charge in [-0.3, -0.25) is 10.1 Å². The van der Waals surface area contributed by atoms with Crippen molar-refractivity contribution in [3.8, 4) is 22.8 Å². The number of nitrogens with zero attached hydrogens (tertiary/aromatic N) is 3. The normalized spacial score (nSPS) is 13.3. The van der Waals surface area contributed by atoms with Gasteiger partial charge in [0.15, 0.2) is 0 Å². The molecule has 128 valence electrons. The smallest absolute Gasteiger partial charge is 0.405 e. The van der Waals surface area contributed by atoms with Crippen molar-refractivity contribution in [1.82, 2.24) is 15.2 Å². The fourth-order valence-corrected chi connectivity index (χ4v) is 2.90. The average molecular weight is 346 g/mol. The average Bonchev–Trinajstić information content (AvgIpc) is 3.03. The van der Waals surface area contributed by atoms with Crippen molar-refractivity contribution in [2.24, 2.45) is 0 Å². The Morgan fingerprint density at radius 1 is 1.16 bits per heavy atom. The first-order chi connectivity index (χ1) is 12.0. The van der Waals surface area contributed by atoms with Crippen LogP contribution in [0.15, 0.2) is 48.9 Å². The molecule has 0 atom stereocenters. The molecule has 3 heterocycles. The Labute approximate surface area is 141 Å². The van der Waals surface area contributed by atoms with Gasteiger partial charge in [-0.15, -0.1) is 0 Å². The summed E-state index contributed by atoms with van der Waals surface area (Å²) in [4.78, 5) is 5.24. The molecule has 3 aromatic rings. The number of aromatic amines is 1. The van der Waals surface area contributed by atoms with Crippen molar-refractivity contribution in [3.05, 3.63) is 54.5 Å². The number of benzene rings is 1. The number of nitrogens with one attached hydrogen (secondary N) is 1. The van der Waals surface area contributed by atoms with Crippen LogP contribution in [0.2, 0.25) is 0 Å². The number of ether oxygens (including phenoxy) is 1. The molecule has 1 N–H and O–H groups in total. The van der Waals surface area contributed by atoms with Gasteiger partial charge >= 0.3 is 6.18 Å². The van der Waals surface area contributed by atoms with E-state index in [1.807, 2.05) is 0 Å². The van der Waals surface area contributed by atoms with Gasteiger partial charge in [0, 0.05) is 29.9 Å². The van der Waals surface area contributed by atoms with Crippen molar-refractivity contribution < 1.29 is 17.9 Å². The lowest BCUT2D eigenvalue weighted by Crippen LogP contribution is -2.35. The minimum absolute atomic E-state index is 0.134. The molecule has 0 bridgehead atoms. The van der Waals surface area contributed by atoms with Crippen molar-refractivity contribution in [2.45, 2.75) is 12.7 Å². The number of hydrogen-bond donors (Lipinski definition) is 1. The van der Waals surface area contributed by atoms with E-state index in [1.54, 1.807) is 48.9 Å². The van der Waals surface area contributed by atoms with Gasteiger partial charge in [-0.05, 0) is 24.3 Å². The molecule has 0 saturated heterocycles. The third-order valence-electron chi connectivity index (χ3n) is 3.90. The highest BCUT2D eigenvalue weighted by Gasteiger charge is 2.34. The van der Waals surface area contributed by atoms with Gasteiger partial charge in [-0.1, -0.05) is 0 Å². The summed E-state index contributed by atoms with van der Waals surface area (Å²) >= 11 is 0. The van der Waals surface area contributed by atoms with Crippen LogP contribution in [0.1, 0.15) is 5.56 Å². The molecule has 0 amide bonds. The van der Waals surface area contributed by atoms with Crippen molar-refractivity contribution in [1.29, 1.82) is 0 Å². The Morgan fingerprint density at radius 2 is 2.04 bits per heavy atom. The van der Waals surface area contributed by atoms with E-state index in [4.69, 9.17) is 4.74 Å². The summed E-state index contributed by atoms with van der Waals surface area (Å²) in [5.74, 6) is 0.963. The maximum Gasteiger partial charge on any atom is 0.405 e. The first-order valence-corrected chi connectivity index (χ1v) is 7.56. The minimum Gasteiger partial charge on any atom is -0.456 e. The first kappa shape index (κ1) is 15.5. The molecule has 8 heteroatoms. The molecule has 25 heavy (non-hydrogen) atoms. The van der Waals surface area contributed by atoms with Crippen LogP contribution in [0.4, 0.5) is 18.9 Å². The topological polar surface area (TPSA) is 54.0 Å². The Balaban J connectivity index is 1.73. The molecule has 0 unspecified atom stereocenters. The lowest BCUT2D eigenvalue weighted by atomic mass is 10.00. The number of hydrogen-bond acceptors (Lipinski definition) is 4. The number of pyridine rings is 1. The summed E-state index contributed by atoms with van der Waals surface area (Å²) in [5.41, 5.74) is 2.59. The van der Waals surface area contributed by atoms with Gasteiger partial charge in [0.1, 0.15) is 18.0 Å². The summed E-state index contributed by atoms with van der Waals surface area (Å²) in [6, 6.07) is 8.51. The van der Waals surface area contributed by atoms with Gasteiger partial charge < -0.3 is 9.64 Å². The largest absolute Gasteiger partial charge is 0.456 e. The molecule has 0 fully saturated rings. The predicted octanol–water partition coefficient (Wildman–Crippen LogP) is 4.15. The molecular formula is C17H13F3N4O. The molecule has 1 aliphatic heterocycles. The van der Waals surface area contributed by atoms with E-state index < -0.39 is 12.7 Å². The zero-order valence-electron chi connectivity index (χ0n) is 12.9. The highest BCUT2D eigenvalue weighted by Crippen LogP contribution is 2.41. The second-order valence-electron chi connectivity index (χ2n) is 5.71. The summed E-state index contributed by atoms with van der Waals surface area (Å²) < 4.78 is 44.6. The van der Waals surface area contributed by atoms with Gasteiger partial charge in [-0.25, -0.2) is 0 Å². The van der Waals surface area contributed by atoms with Gasteiger partial charge in [0.25, 0.3) is 0 Å². The Bertz CT molecular complexity index is 892. The predicted molar refractivity (Wildman–Crippen MR) is 85.4 cm³/mol. The molecule has 0 saturated carbocycles. The Morgan fingerprint density at radius 3 is 2.80 bits per heavy atom. The maximum absolute atomic E-state index is 13.0. The zero-order valence-corrected chi connectivity index (χ0v) is 12.9. The lowest BCUT2D eigenvalue weighted by molar-refractivity contribution is -0.120. The molecule has 0 spiro atoms. The van der Waals surface area contributed by atoms with E-state index in [-0.39, 0.29) is 6.54 Å². The van der Waals surface area contributed by atoms with Crippen molar-refractivity contribution >= 4 is 5.69 Å². The van der Waals surface area contributed by atoms with Gasteiger partial charge in [0.2, 0.25) is 0 Å².